The normalized spacial score (nSPS) is 13.8. The van der Waals surface area contributed by atoms with Gasteiger partial charge in [-0.1, -0.05) is 242 Å². The van der Waals surface area contributed by atoms with Gasteiger partial charge in [-0.25, -0.2) is 4.57 Å². The molecule has 2 unspecified atom stereocenters. The zero-order valence-corrected chi connectivity index (χ0v) is 48.4. The maximum atomic E-state index is 12.8. The fraction of sp³-hybridized carbons (Fsp3) is 0.823. The van der Waals surface area contributed by atoms with Crippen LogP contribution in [-0.4, -0.2) is 75.6 Å². The van der Waals surface area contributed by atoms with Crippen molar-refractivity contribution in [3.8, 4) is 0 Å². The zero-order valence-electron chi connectivity index (χ0n) is 47.5. The number of phosphoric acid groups is 1. The number of phosphoric ester groups is 1. The highest BCUT2D eigenvalue weighted by molar-refractivity contribution is 7.47. The molecule has 0 saturated carbocycles. The Morgan fingerprint density at radius 1 is 0.437 bits per heavy atom. The van der Waals surface area contributed by atoms with Crippen molar-refractivity contribution in [3.63, 3.8) is 0 Å². The number of carbonyl (C=O) groups is 1. The first-order valence-electron chi connectivity index (χ1n) is 30.0. The highest BCUT2D eigenvalue weighted by Gasteiger charge is 2.26. The van der Waals surface area contributed by atoms with Gasteiger partial charge in [0, 0.05) is 13.0 Å². The van der Waals surface area contributed by atoms with E-state index in [1.54, 1.807) is 0 Å². The maximum absolute atomic E-state index is 12.8. The number of unbranched alkanes of at least 4 members (excludes halogenated alkanes) is 32. The second kappa shape index (κ2) is 54.5. The van der Waals surface area contributed by atoms with Crippen LogP contribution in [0.5, 0.6) is 0 Å². The van der Waals surface area contributed by atoms with Gasteiger partial charge in [0.15, 0.2) is 0 Å². The van der Waals surface area contributed by atoms with Crippen LogP contribution < -0.4 is 0 Å². The summed E-state index contributed by atoms with van der Waals surface area (Å²) >= 11 is 0. The van der Waals surface area contributed by atoms with Crippen LogP contribution in [0.4, 0.5) is 0 Å². The summed E-state index contributed by atoms with van der Waals surface area (Å²) in [7, 11) is 1.67. The van der Waals surface area contributed by atoms with Gasteiger partial charge in [0.05, 0.1) is 34.4 Å². The van der Waals surface area contributed by atoms with Crippen LogP contribution in [0.25, 0.3) is 0 Å². The van der Waals surface area contributed by atoms with Crippen molar-refractivity contribution < 1.29 is 37.3 Å². The molecule has 0 radical (unpaired) electrons. The number of likely N-dealkylation sites (N-methyl/N-ethyl adjacent to an activating group) is 1. The first kappa shape index (κ1) is 69.2. The fourth-order valence-corrected chi connectivity index (χ4v) is 9.16. The van der Waals surface area contributed by atoms with Gasteiger partial charge in [-0.3, -0.25) is 13.8 Å². The van der Waals surface area contributed by atoms with E-state index in [-0.39, 0.29) is 25.8 Å². The number of carbonyl (C=O) groups excluding carboxylic acids is 1. The molecule has 1 N–H and O–H groups in total. The van der Waals surface area contributed by atoms with E-state index in [1.807, 2.05) is 21.1 Å². The van der Waals surface area contributed by atoms with Crippen LogP contribution in [0.15, 0.2) is 60.8 Å². The monoisotopic (exact) mass is 1020 g/mol. The smallest absolute Gasteiger partial charge is 0.457 e. The van der Waals surface area contributed by atoms with Crippen molar-refractivity contribution in [1.82, 2.24) is 0 Å². The Kier molecular flexibility index (Phi) is 53.1. The van der Waals surface area contributed by atoms with E-state index in [4.69, 9.17) is 18.5 Å². The first-order valence-corrected chi connectivity index (χ1v) is 31.5. The number of allylic oxidation sites excluding steroid dienone is 10. The molecule has 0 spiro atoms. The Hall–Kier alpha value is -1.80. The molecule has 9 heteroatoms. The number of ether oxygens (including phenoxy) is 2. The third kappa shape index (κ3) is 59.0. The summed E-state index contributed by atoms with van der Waals surface area (Å²) in [6.07, 6.45) is 71.4. The molecule has 8 nitrogen and oxygen atoms in total. The molecular weight excluding hydrogens is 902 g/mol. The predicted molar refractivity (Wildman–Crippen MR) is 307 cm³/mol. The number of nitrogens with zero attached hydrogens (tertiary/aromatic N) is 1. The topological polar surface area (TPSA) is 91.3 Å². The molecule has 0 aromatic carbocycles. The second-order valence-electron chi connectivity index (χ2n) is 21.4. The van der Waals surface area contributed by atoms with Gasteiger partial charge in [0.1, 0.15) is 19.3 Å². The molecule has 0 rings (SSSR count). The van der Waals surface area contributed by atoms with E-state index in [9.17, 15) is 14.3 Å². The van der Waals surface area contributed by atoms with Crippen LogP contribution >= 0.6 is 7.82 Å². The van der Waals surface area contributed by atoms with Crippen LogP contribution in [-0.2, 0) is 27.9 Å². The average molecular weight is 1020 g/mol. The average Bonchev–Trinajstić information content (AvgIpc) is 3.33. The second-order valence-corrected chi connectivity index (χ2v) is 22.8. The summed E-state index contributed by atoms with van der Waals surface area (Å²) in [5.74, 6) is -0.314. The summed E-state index contributed by atoms with van der Waals surface area (Å²) in [5.41, 5.74) is 0. The Morgan fingerprint density at radius 2 is 0.775 bits per heavy atom. The van der Waals surface area contributed by atoms with Crippen molar-refractivity contribution in [3.05, 3.63) is 60.8 Å². The third-order valence-electron chi connectivity index (χ3n) is 13.1. The van der Waals surface area contributed by atoms with Gasteiger partial charge in [-0.15, -0.1) is 0 Å². The molecule has 2 atom stereocenters. The van der Waals surface area contributed by atoms with E-state index in [0.29, 0.717) is 24.1 Å². The SMILES string of the molecule is CCCCCCC/C=C\C/C=C\C/C=C\CCCCCCCCCCCOCC(COP(=O)(O)OCC[N+](C)(C)C)OC(=O)CCCCCCCCCCCCCCC/C=C\C/C=C\CCCCCCC. The number of quaternary nitrogens is 1. The van der Waals surface area contributed by atoms with Crippen molar-refractivity contribution in [1.29, 1.82) is 0 Å². The Bertz CT molecular complexity index is 1320. The van der Waals surface area contributed by atoms with Crippen LogP contribution in [0.1, 0.15) is 271 Å². The molecule has 0 aliphatic carbocycles. The van der Waals surface area contributed by atoms with Gasteiger partial charge >= 0.3 is 13.8 Å². The standard InChI is InChI=1S/C62H116NO7P/c1-6-8-10-12-14-16-18-20-22-24-26-28-30-32-33-35-37-39-41-43-45-47-49-51-53-55-62(64)70-61(60-69-71(65,66)68-58-56-63(3,4)5)59-67-57-54-52-50-48-46-44-42-40-38-36-34-31-29-27-25-23-21-19-17-15-13-11-9-7-2/h18-21,24-27,31,34,61H,6-17,22-23,28-30,32-33,35-60H2,1-5H3/p+1/b20-18-,21-19-,26-24-,27-25-,34-31-. The van der Waals surface area contributed by atoms with Crippen LogP contribution in [0.3, 0.4) is 0 Å². The molecule has 0 aromatic heterocycles. The minimum atomic E-state index is -4.29. The largest absolute Gasteiger partial charge is 0.472 e. The summed E-state index contributed by atoms with van der Waals surface area (Å²) < 4.78 is 35.3. The molecule has 0 heterocycles. The number of rotatable bonds is 56. The van der Waals surface area contributed by atoms with Gasteiger partial charge in [0.2, 0.25) is 0 Å². The van der Waals surface area contributed by atoms with Gasteiger partial charge in [-0.2, -0.15) is 0 Å². The Labute approximate surface area is 440 Å². The molecule has 0 aliphatic rings. The predicted octanol–water partition coefficient (Wildman–Crippen LogP) is 19.2. The van der Waals surface area contributed by atoms with Gasteiger partial charge < -0.3 is 18.9 Å². The molecule has 416 valence electrons. The quantitative estimate of drug-likeness (QED) is 0.0213. The number of hydrogen-bond acceptors (Lipinski definition) is 6. The van der Waals surface area contributed by atoms with E-state index >= 15 is 0 Å². The minimum absolute atomic E-state index is 0.0860. The molecular formula is C62H117NO7P+. The molecule has 0 bridgehead atoms. The summed E-state index contributed by atoms with van der Waals surface area (Å²) in [6.45, 7) is 5.62. The molecule has 71 heavy (non-hydrogen) atoms. The lowest BCUT2D eigenvalue weighted by Crippen LogP contribution is -2.37. The van der Waals surface area contributed by atoms with Crippen molar-refractivity contribution in [2.24, 2.45) is 0 Å². The van der Waals surface area contributed by atoms with Gasteiger partial charge in [0.25, 0.3) is 0 Å². The highest BCUT2D eigenvalue weighted by Crippen LogP contribution is 2.43. The van der Waals surface area contributed by atoms with Crippen molar-refractivity contribution >= 4 is 13.8 Å². The van der Waals surface area contributed by atoms with Crippen LogP contribution in [0.2, 0.25) is 0 Å². The molecule has 0 saturated heterocycles. The van der Waals surface area contributed by atoms with E-state index in [0.717, 1.165) is 51.4 Å². The van der Waals surface area contributed by atoms with E-state index in [1.165, 1.54) is 199 Å². The molecule has 0 fully saturated rings. The minimum Gasteiger partial charge on any atom is -0.457 e. The molecule has 0 amide bonds. The third-order valence-corrected chi connectivity index (χ3v) is 14.0. The lowest BCUT2D eigenvalue weighted by Gasteiger charge is -2.24. The highest BCUT2D eigenvalue weighted by atomic mass is 31.2. The lowest BCUT2D eigenvalue weighted by molar-refractivity contribution is -0.870. The van der Waals surface area contributed by atoms with Crippen molar-refractivity contribution in [2.75, 3.05) is 54.1 Å². The lowest BCUT2D eigenvalue weighted by atomic mass is 10.0. The van der Waals surface area contributed by atoms with E-state index < -0.39 is 13.9 Å². The van der Waals surface area contributed by atoms with E-state index in [2.05, 4.69) is 74.6 Å². The summed E-state index contributed by atoms with van der Waals surface area (Å²) in [4.78, 5) is 23.1. The molecule has 0 aromatic rings. The summed E-state index contributed by atoms with van der Waals surface area (Å²) in [5, 5.41) is 0. The van der Waals surface area contributed by atoms with Crippen molar-refractivity contribution in [2.45, 2.75) is 277 Å². The Balaban J connectivity index is 4.07. The van der Waals surface area contributed by atoms with Crippen LogP contribution in [0, 0.1) is 0 Å². The first-order chi connectivity index (χ1) is 34.6. The Morgan fingerprint density at radius 3 is 1.15 bits per heavy atom. The number of hydrogen-bond donors (Lipinski definition) is 1. The summed E-state index contributed by atoms with van der Waals surface area (Å²) in [6, 6.07) is 0. The zero-order chi connectivity index (χ0) is 51.9. The fourth-order valence-electron chi connectivity index (χ4n) is 8.42. The molecule has 0 aliphatic heterocycles. The van der Waals surface area contributed by atoms with Gasteiger partial charge in [-0.05, 0) is 83.5 Å². The maximum Gasteiger partial charge on any atom is 0.472 e. The number of esters is 1.